The molecule has 2 rings (SSSR count). The molecule has 0 aromatic carbocycles. The number of aromatic amines is 1. The van der Waals surface area contributed by atoms with Gasteiger partial charge in [0, 0.05) is 11.8 Å². The molecule has 0 fully saturated rings. The molecule has 2 aromatic rings. The van der Waals surface area contributed by atoms with Crippen molar-refractivity contribution in [3.05, 3.63) is 16.8 Å². The summed E-state index contributed by atoms with van der Waals surface area (Å²) in [4.78, 5) is 5.34. The lowest BCUT2D eigenvalue weighted by Crippen LogP contribution is -1.91. The van der Waals surface area contributed by atoms with Gasteiger partial charge < -0.3 is 5.73 Å². The first-order valence-corrected chi connectivity index (χ1v) is 5.79. The Kier molecular flexibility index (Phi) is 2.73. The van der Waals surface area contributed by atoms with Crippen molar-refractivity contribution in [2.24, 2.45) is 0 Å². The Hall–Kier alpha value is -1.36. The van der Waals surface area contributed by atoms with Crippen molar-refractivity contribution in [2.75, 3.05) is 5.73 Å². The number of anilines is 1. The van der Waals surface area contributed by atoms with Crippen LogP contribution in [0.5, 0.6) is 0 Å². The summed E-state index contributed by atoms with van der Waals surface area (Å²) >= 11 is 1.66. The zero-order chi connectivity index (χ0) is 10.8. The van der Waals surface area contributed by atoms with Crippen LogP contribution in [0.1, 0.15) is 23.9 Å². The maximum atomic E-state index is 5.81. The van der Waals surface area contributed by atoms with Crippen molar-refractivity contribution >= 4 is 17.2 Å². The Morgan fingerprint density at radius 3 is 2.93 bits per heavy atom. The first-order valence-electron chi connectivity index (χ1n) is 4.98. The van der Waals surface area contributed by atoms with Crippen molar-refractivity contribution in [1.29, 1.82) is 0 Å². The van der Waals surface area contributed by atoms with Gasteiger partial charge in [-0.3, -0.25) is 5.10 Å². The number of hydrogen-bond donors (Lipinski definition) is 2. The number of aromatic nitrogens is 3. The van der Waals surface area contributed by atoms with E-state index in [-0.39, 0.29) is 0 Å². The van der Waals surface area contributed by atoms with E-state index in [2.05, 4.69) is 22.1 Å². The summed E-state index contributed by atoms with van der Waals surface area (Å²) < 4.78 is 0. The fourth-order valence-electron chi connectivity index (χ4n) is 1.56. The quantitative estimate of drug-likeness (QED) is 0.837. The average Bonchev–Trinajstić information content (AvgIpc) is 2.76. The number of nitrogens with two attached hydrogens (primary N) is 1. The Labute approximate surface area is 92.5 Å². The lowest BCUT2D eigenvalue weighted by molar-refractivity contribution is 0.927. The summed E-state index contributed by atoms with van der Waals surface area (Å²) in [5.41, 5.74) is 7.95. The second kappa shape index (κ2) is 4.02. The van der Waals surface area contributed by atoms with E-state index < -0.39 is 0 Å². The zero-order valence-corrected chi connectivity index (χ0v) is 9.69. The molecule has 0 saturated heterocycles. The van der Waals surface area contributed by atoms with Gasteiger partial charge in [-0.25, -0.2) is 4.98 Å². The monoisotopic (exact) mass is 222 g/mol. The topological polar surface area (TPSA) is 67.6 Å². The summed E-state index contributed by atoms with van der Waals surface area (Å²) in [7, 11) is 0. The third-order valence-electron chi connectivity index (χ3n) is 2.27. The second-order valence-electron chi connectivity index (χ2n) is 3.46. The molecule has 0 unspecified atom stereocenters. The van der Waals surface area contributed by atoms with Crippen LogP contribution in [0.4, 0.5) is 5.82 Å². The van der Waals surface area contributed by atoms with Crippen molar-refractivity contribution < 1.29 is 0 Å². The minimum Gasteiger partial charge on any atom is -0.382 e. The van der Waals surface area contributed by atoms with Crippen LogP contribution in [0.25, 0.3) is 10.6 Å². The smallest absolute Gasteiger partial charge is 0.149 e. The first-order chi connectivity index (χ1) is 7.22. The van der Waals surface area contributed by atoms with Crippen LogP contribution in [0.3, 0.4) is 0 Å². The molecule has 5 heteroatoms. The van der Waals surface area contributed by atoms with Crippen LogP contribution in [0.2, 0.25) is 0 Å². The highest BCUT2D eigenvalue weighted by atomic mass is 32.1. The molecule has 80 valence electrons. The van der Waals surface area contributed by atoms with Crippen molar-refractivity contribution in [1.82, 2.24) is 15.2 Å². The molecule has 3 N–H and O–H groups in total. The standard InChI is InChI=1S/C10H14N4S/c1-3-4-7-9(13-14-10(7)11)8-5-12-6(2)15-8/h5H,3-4H2,1-2H3,(H3,11,13,14). The molecule has 0 radical (unpaired) electrons. The van der Waals surface area contributed by atoms with Gasteiger partial charge in [-0.05, 0) is 13.3 Å². The maximum absolute atomic E-state index is 5.81. The van der Waals surface area contributed by atoms with E-state index in [4.69, 9.17) is 5.73 Å². The number of hydrogen-bond acceptors (Lipinski definition) is 4. The molecule has 0 aliphatic rings. The van der Waals surface area contributed by atoms with E-state index in [1.807, 2.05) is 13.1 Å². The van der Waals surface area contributed by atoms with E-state index in [0.717, 1.165) is 34.0 Å². The van der Waals surface area contributed by atoms with Gasteiger partial charge in [0.05, 0.1) is 15.6 Å². The molecule has 0 bridgehead atoms. The molecule has 0 aliphatic carbocycles. The maximum Gasteiger partial charge on any atom is 0.149 e. The number of H-pyrrole nitrogens is 1. The molecule has 4 nitrogen and oxygen atoms in total. The minimum atomic E-state index is 0.609. The number of aryl methyl sites for hydroxylation is 1. The number of nitrogens with zero attached hydrogens (tertiary/aromatic N) is 2. The van der Waals surface area contributed by atoms with Crippen LogP contribution >= 0.6 is 11.3 Å². The molecule has 0 atom stereocenters. The summed E-state index contributed by atoms with van der Waals surface area (Å²) in [6.45, 7) is 4.13. The predicted octanol–water partition coefficient (Wildman–Crippen LogP) is 2.38. The molecular weight excluding hydrogens is 208 g/mol. The summed E-state index contributed by atoms with van der Waals surface area (Å²) in [5, 5.41) is 8.09. The second-order valence-corrected chi connectivity index (χ2v) is 4.69. The van der Waals surface area contributed by atoms with E-state index >= 15 is 0 Å². The summed E-state index contributed by atoms with van der Waals surface area (Å²) in [6.07, 6.45) is 3.88. The van der Waals surface area contributed by atoms with Gasteiger partial charge in [-0.15, -0.1) is 11.3 Å². The van der Waals surface area contributed by atoms with Gasteiger partial charge in [0.1, 0.15) is 5.82 Å². The summed E-state index contributed by atoms with van der Waals surface area (Å²) in [6, 6.07) is 0. The molecule has 2 heterocycles. The predicted molar refractivity (Wildman–Crippen MR) is 62.8 cm³/mol. The number of nitrogens with one attached hydrogen (secondary N) is 1. The minimum absolute atomic E-state index is 0.609. The van der Waals surface area contributed by atoms with E-state index in [9.17, 15) is 0 Å². The van der Waals surface area contributed by atoms with Gasteiger partial charge in [-0.2, -0.15) is 5.10 Å². The van der Waals surface area contributed by atoms with E-state index in [0.29, 0.717) is 5.82 Å². The molecule has 2 aromatic heterocycles. The molecular formula is C10H14N4S. The van der Waals surface area contributed by atoms with Crippen LogP contribution in [-0.4, -0.2) is 15.2 Å². The molecule has 0 aliphatic heterocycles. The molecule has 15 heavy (non-hydrogen) atoms. The van der Waals surface area contributed by atoms with Gasteiger partial charge in [0.2, 0.25) is 0 Å². The Bertz CT molecular complexity index is 458. The molecule has 0 saturated carbocycles. The van der Waals surface area contributed by atoms with E-state index in [1.54, 1.807) is 11.3 Å². The fraction of sp³-hybridized carbons (Fsp3) is 0.400. The van der Waals surface area contributed by atoms with Gasteiger partial charge in [0.25, 0.3) is 0 Å². The van der Waals surface area contributed by atoms with E-state index in [1.165, 1.54) is 0 Å². The number of nitrogen functional groups attached to an aromatic ring is 1. The van der Waals surface area contributed by atoms with Gasteiger partial charge >= 0.3 is 0 Å². The fourth-order valence-corrected chi connectivity index (χ4v) is 2.36. The van der Waals surface area contributed by atoms with Crippen molar-refractivity contribution in [2.45, 2.75) is 26.7 Å². The van der Waals surface area contributed by atoms with Crippen LogP contribution < -0.4 is 5.73 Å². The number of rotatable bonds is 3. The van der Waals surface area contributed by atoms with Gasteiger partial charge in [0.15, 0.2) is 0 Å². The first kappa shape index (κ1) is 10.2. The van der Waals surface area contributed by atoms with Crippen LogP contribution in [0, 0.1) is 6.92 Å². The highest BCUT2D eigenvalue weighted by molar-refractivity contribution is 7.15. The Morgan fingerprint density at radius 2 is 2.33 bits per heavy atom. The highest BCUT2D eigenvalue weighted by Gasteiger charge is 2.13. The Balaban J connectivity index is 2.43. The van der Waals surface area contributed by atoms with Gasteiger partial charge in [-0.1, -0.05) is 13.3 Å². The number of thiazole rings is 1. The third kappa shape index (κ3) is 1.87. The zero-order valence-electron chi connectivity index (χ0n) is 8.87. The van der Waals surface area contributed by atoms with Crippen molar-refractivity contribution in [3.63, 3.8) is 0 Å². The average molecular weight is 222 g/mol. The highest BCUT2D eigenvalue weighted by Crippen LogP contribution is 2.30. The summed E-state index contributed by atoms with van der Waals surface area (Å²) in [5.74, 6) is 0.609. The normalized spacial score (nSPS) is 10.8. The lowest BCUT2D eigenvalue weighted by atomic mass is 10.1. The van der Waals surface area contributed by atoms with Crippen LogP contribution in [0.15, 0.2) is 6.20 Å². The molecule has 0 spiro atoms. The Morgan fingerprint density at radius 1 is 1.53 bits per heavy atom. The molecule has 0 amide bonds. The lowest BCUT2D eigenvalue weighted by Gasteiger charge is -1.98. The van der Waals surface area contributed by atoms with Crippen molar-refractivity contribution in [3.8, 4) is 10.6 Å². The SMILES string of the molecule is CCCc1c(N)n[nH]c1-c1cnc(C)s1. The van der Waals surface area contributed by atoms with Crippen LogP contribution in [-0.2, 0) is 6.42 Å². The third-order valence-corrected chi connectivity index (χ3v) is 3.20. The largest absolute Gasteiger partial charge is 0.382 e.